The van der Waals surface area contributed by atoms with Gasteiger partial charge < -0.3 is 4.74 Å². The van der Waals surface area contributed by atoms with E-state index in [2.05, 4.69) is 8.75 Å². The standard InChI is InChI=1S/C8H3ClFN3O3S/c9-7-8(12-17-11-7)16-4-1-2-6(13(14)15)5(10)3-4/h1-3H. The minimum Gasteiger partial charge on any atom is -0.436 e. The predicted octanol–water partition coefficient (Wildman–Crippen LogP) is 3.03. The van der Waals surface area contributed by atoms with Gasteiger partial charge in [-0.2, -0.15) is 8.76 Å². The van der Waals surface area contributed by atoms with Crippen molar-refractivity contribution < 1.29 is 14.1 Å². The summed E-state index contributed by atoms with van der Waals surface area (Å²) in [5.74, 6) is -0.903. The van der Waals surface area contributed by atoms with Crippen LogP contribution in [0, 0.1) is 15.9 Å². The Morgan fingerprint density at radius 3 is 2.76 bits per heavy atom. The number of rotatable bonds is 3. The number of ether oxygens (including phenoxy) is 1. The highest BCUT2D eigenvalue weighted by atomic mass is 35.5. The smallest absolute Gasteiger partial charge is 0.305 e. The van der Waals surface area contributed by atoms with Crippen molar-refractivity contribution in [3.8, 4) is 11.6 Å². The number of hydrogen-bond donors (Lipinski definition) is 0. The highest BCUT2D eigenvalue weighted by Gasteiger charge is 2.16. The molecule has 0 aliphatic carbocycles. The van der Waals surface area contributed by atoms with Crippen LogP contribution in [0.4, 0.5) is 10.1 Å². The fraction of sp³-hybridized carbons (Fsp3) is 0. The first-order valence-electron chi connectivity index (χ1n) is 4.18. The largest absolute Gasteiger partial charge is 0.436 e. The van der Waals surface area contributed by atoms with Gasteiger partial charge in [-0.05, 0) is 6.07 Å². The Labute approximate surface area is 103 Å². The monoisotopic (exact) mass is 275 g/mol. The van der Waals surface area contributed by atoms with Crippen LogP contribution >= 0.6 is 23.3 Å². The number of hydrogen-bond acceptors (Lipinski definition) is 6. The van der Waals surface area contributed by atoms with Gasteiger partial charge in [0.2, 0.25) is 11.0 Å². The Morgan fingerprint density at radius 2 is 2.24 bits per heavy atom. The minimum absolute atomic E-state index is 0.0323. The van der Waals surface area contributed by atoms with Crippen molar-refractivity contribution in [2.24, 2.45) is 0 Å². The van der Waals surface area contributed by atoms with Crippen molar-refractivity contribution in [1.82, 2.24) is 8.75 Å². The average molecular weight is 276 g/mol. The highest BCUT2D eigenvalue weighted by Crippen LogP contribution is 2.29. The second-order valence-electron chi connectivity index (χ2n) is 2.83. The molecule has 2 aromatic rings. The van der Waals surface area contributed by atoms with Crippen LogP contribution in [0.2, 0.25) is 5.15 Å². The molecule has 9 heteroatoms. The molecule has 1 aromatic heterocycles. The topological polar surface area (TPSA) is 78.2 Å². The molecule has 0 spiro atoms. The van der Waals surface area contributed by atoms with E-state index in [9.17, 15) is 14.5 Å². The van der Waals surface area contributed by atoms with Crippen molar-refractivity contribution in [2.75, 3.05) is 0 Å². The van der Waals surface area contributed by atoms with E-state index in [1.54, 1.807) is 0 Å². The van der Waals surface area contributed by atoms with E-state index >= 15 is 0 Å². The van der Waals surface area contributed by atoms with E-state index < -0.39 is 16.4 Å². The molecule has 1 aromatic carbocycles. The SMILES string of the molecule is O=[N+]([O-])c1ccc(Oc2nsnc2Cl)cc1F. The van der Waals surface area contributed by atoms with Gasteiger partial charge in [0.1, 0.15) is 5.75 Å². The van der Waals surface area contributed by atoms with Gasteiger partial charge in [-0.15, -0.1) is 4.37 Å². The van der Waals surface area contributed by atoms with Crippen LogP contribution in [0.5, 0.6) is 11.6 Å². The lowest BCUT2D eigenvalue weighted by atomic mass is 10.3. The first-order chi connectivity index (χ1) is 8.08. The first kappa shape index (κ1) is 11.7. The lowest BCUT2D eigenvalue weighted by molar-refractivity contribution is -0.387. The number of halogens is 2. The molecule has 0 unspecified atom stereocenters. The molecular weight excluding hydrogens is 273 g/mol. The molecule has 88 valence electrons. The number of aromatic nitrogens is 2. The van der Waals surface area contributed by atoms with Crippen LogP contribution in [0.1, 0.15) is 0 Å². The molecule has 0 radical (unpaired) electrons. The van der Waals surface area contributed by atoms with Gasteiger partial charge in [0.25, 0.3) is 5.88 Å². The van der Waals surface area contributed by atoms with E-state index in [1.807, 2.05) is 0 Å². The Bertz CT molecular complexity index is 577. The van der Waals surface area contributed by atoms with Crippen molar-refractivity contribution >= 4 is 29.0 Å². The van der Waals surface area contributed by atoms with Gasteiger partial charge in [0.05, 0.1) is 16.7 Å². The molecule has 0 N–H and O–H groups in total. The third-order valence-electron chi connectivity index (χ3n) is 1.75. The second kappa shape index (κ2) is 4.60. The highest BCUT2D eigenvalue weighted by molar-refractivity contribution is 6.99. The second-order valence-corrected chi connectivity index (χ2v) is 3.72. The quantitative estimate of drug-likeness (QED) is 0.635. The molecule has 6 nitrogen and oxygen atoms in total. The zero-order valence-corrected chi connectivity index (χ0v) is 9.54. The van der Waals surface area contributed by atoms with Crippen molar-refractivity contribution in [3.05, 3.63) is 39.3 Å². The lowest BCUT2D eigenvalue weighted by Crippen LogP contribution is -1.93. The van der Waals surface area contributed by atoms with Crippen LogP contribution in [-0.4, -0.2) is 13.7 Å². The zero-order chi connectivity index (χ0) is 12.4. The molecule has 0 saturated heterocycles. The summed E-state index contributed by atoms with van der Waals surface area (Å²) < 4.78 is 25.7. The van der Waals surface area contributed by atoms with Gasteiger partial charge in [0, 0.05) is 12.1 Å². The molecule has 0 atom stereocenters. The van der Waals surface area contributed by atoms with E-state index in [4.69, 9.17) is 16.3 Å². The summed E-state index contributed by atoms with van der Waals surface area (Å²) in [4.78, 5) is 9.56. The zero-order valence-electron chi connectivity index (χ0n) is 7.96. The molecule has 0 saturated carbocycles. The third kappa shape index (κ3) is 2.48. The van der Waals surface area contributed by atoms with Crippen LogP contribution in [0.3, 0.4) is 0 Å². The van der Waals surface area contributed by atoms with E-state index in [1.165, 1.54) is 6.07 Å². The molecule has 17 heavy (non-hydrogen) atoms. The van der Waals surface area contributed by atoms with Crippen LogP contribution < -0.4 is 4.74 Å². The number of benzene rings is 1. The minimum atomic E-state index is -0.994. The van der Waals surface area contributed by atoms with Crippen LogP contribution in [-0.2, 0) is 0 Å². The Balaban J connectivity index is 2.27. The van der Waals surface area contributed by atoms with Crippen molar-refractivity contribution in [2.45, 2.75) is 0 Å². The number of nitro groups is 1. The summed E-state index contributed by atoms with van der Waals surface area (Å²) in [6.45, 7) is 0. The van der Waals surface area contributed by atoms with Crippen LogP contribution in [0.25, 0.3) is 0 Å². The maximum Gasteiger partial charge on any atom is 0.305 e. The fourth-order valence-corrected chi connectivity index (χ4v) is 1.65. The van der Waals surface area contributed by atoms with Gasteiger partial charge in [-0.3, -0.25) is 10.1 Å². The normalized spacial score (nSPS) is 10.2. The number of nitrogens with zero attached hydrogens (tertiary/aromatic N) is 3. The molecular formula is C8H3ClFN3O3S. The Morgan fingerprint density at radius 1 is 1.47 bits per heavy atom. The maximum atomic E-state index is 13.2. The predicted molar refractivity (Wildman–Crippen MR) is 58.0 cm³/mol. The van der Waals surface area contributed by atoms with Gasteiger partial charge >= 0.3 is 5.69 Å². The summed E-state index contributed by atoms with van der Waals surface area (Å²) >= 11 is 6.46. The third-order valence-corrected chi connectivity index (χ3v) is 2.61. The summed E-state index contributed by atoms with van der Waals surface area (Å²) in [6.07, 6.45) is 0. The van der Waals surface area contributed by atoms with Crippen LogP contribution in [0.15, 0.2) is 18.2 Å². The van der Waals surface area contributed by atoms with Gasteiger partial charge in [0.15, 0.2) is 0 Å². The van der Waals surface area contributed by atoms with Crippen molar-refractivity contribution in [3.63, 3.8) is 0 Å². The molecule has 0 fully saturated rings. The summed E-state index contributed by atoms with van der Waals surface area (Å²) in [5.41, 5.74) is -0.625. The molecule has 0 amide bonds. The summed E-state index contributed by atoms with van der Waals surface area (Å²) in [6, 6.07) is 3.13. The van der Waals surface area contributed by atoms with Gasteiger partial charge in [-0.25, -0.2) is 0 Å². The summed E-state index contributed by atoms with van der Waals surface area (Å²) in [5, 5.41) is 10.4. The first-order valence-corrected chi connectivity index (χ1v) is 5.28. The van der Waals surface area contributed by atoms with E-state index in [0.717, 1.165) is 23.9 Å². The molecule has 0 bridgehead atoms. The lowest BCUT2D eigenvalue weighted by Gasteiger charge is -2.01. The molecule has 0 aliphatic rings. The molecule has 0 aliphatic heterocycles. The van der Waals surface area contributed by atoms with Crippen molar-refractivity contribution in [1.29, 1.82) is 0 Å². The maximum absolute atomic E-state index is 13.2. The number of nitro benzene ring substituents is 1. The van der Waals surface area contributed by atoms with E-state index in [0.29, 0.717) is 0 Å². The van der Waals surface area contributed by atoms with E-state index in [-0.39, 0.29) is 16.8 Å². The summed E-state index contributed by atoms with van der Waals surface area (Å²) in [7, 11) is 0. The molecule has 2 rings (SSSR count). The fourth-order valence-electron chi connectivity index (χ4n) is 1.04. The average Bonchev–Trinajstić information content (AvgIpc) is 2.64. The van der Waals surface area contributed by atoms with Gasteiger partial charge in [-0.1, -0.05) is 11.6 Å². The Kier molecular flexibility index (Phi) is 3.16. The Hall–Kier alpha value is -1.80. The molecule has 1 heterocycles.